The quantitative estimate of drug-likeness (QED) is 0.778. The molecule has 0 saturated heterocycles. The predicted molar refractivity (Wildman–Crippen MR) is 59.8 cm³/mol. The Morgan fingerprint density at radius 2 is 2.38 bits per heavy atom. The average Bonchev–Trinajstić information content (AvgIpc) is 3.11. The number of carboxylic acid groups (broad SMARTS) is 1. The third kappa shape index (κ3) is 1.93. The Morgan fingerprint density at radius 1 is 1.62 bits per heavy atom. The lowest BCUT2D eigenvalue weighted by atomic mass is 9.77. The minimum Gasteiger partial charge on any atom is -0.481 e. The van der Waals surface area contributed by atoms with Gasteiger partial charge >= 0.3 is 5.97 Å². The van der Waals surface area contributed by atoms with Crippen molar-refractivity contribution in [1.29, 1.82) is 0 Å². The van der Waals surface area contributed by atoms with Gasteiger partial charge in [-0.05, 0) is 36.8 Å². The van der Waals surface area contributed by atoms with Crippen molar-refractivity contribution in [1.82, 2.24) is 4.98 Å². The molecule has 0 bridgehead atoms. The minimum atomic E-state index is -0.789. The highest BCUT2D eigenvalue weighted by atomic mass is 16.4. The number of carboxylic acids is 1. The van der Waals surface area contributed by atoms with Crippen molar-refractivity contribution in [2.75, 3.05) is 6.54 Å². The first kappa shape index (κ1) is 11.1. The van der Waals surface area contributed by atoms with Crippen LogP contribution < -0.4 is 5.73 Å². The van der Waals surface area contributed by atoms with Gasteiger partial charge in [0.25, 0.3) is 0 Å². The number of carbonyl (C=O) groups is 1. The molecular weight excluding hydrogens is 204 g/mol. The normalized spacial score (nSPS) is 19.1. The number of nitrogens with two attached hydrogens (primary N) is 1. The first-order valence-corrected chi connectivity index (χ1v) is 5.51. The Labute approximate surface area is 94.5 Å². The van der Waals surface area contributed by atoms with E-state index in [2.05, 4.69) is 4.98 Å². The first-order valence-electron chi connectivity index (χ1n) is 5.51. The Kier molecular flexibility index (Phi) is 2.92. The molecule has 1 unspecified atom stereocenters. The summed E-state index contributed by atoms with van der Waals surface area (Å²) < 4.78 is 0. The summed E-state index contributed by atoms with van der Waals surface area (Å²) in [4.78, 5) is 15.4. The molecule has 0 aromatic carbocycles. The Morgan fingerprint density at radius 3 is 2.81 bits per heavy atom. The molecular formula is C12H16N2O2. The molecule has 0 radical (unpaired) electrons. The van der Waals surface area contributed by atoms with Crippen LogP contribution >= 0.6 is 0 Å². The van der Waals surface area contributed by atoms with Crippen LogP contribution in [-0.4, -0.2) is 22.6 Å². The average molecular weight is 220 g/mol. The summed E-state index contributed by atoms with van der Waals surface area (Å²) in [5.41, 5.74) is 5.85. The van der Waals surface area contributed by atoms with Crippen LogP contribution in [0.1, 0.15) is 18.4 Å². The van der Waals surface area contributed by atoms with Gasteiger partial charge in [0, 0.05) is 18.9 Å². The van der Waals surface area contributed by atoms with Gasteiger partial charge in [-0.15, -0.1) is 0 Å². The van der Waals surface area contributed by atoms with Crippen molar-refractivity contribution in [3.05, 3.63) is 30.1 Å². The van der Waals surface area contributed by atoms with Crippen LogP contribution in [0.3, 0.4) is 0 Å². The highest BCUT2D eigenvalue weighted by Gasteiger charge is 2.50. The van der Waals surface area contributed by atoms with Gasteiger partial charge in [0.2, 0.25) is 0 Å². The monoisotopic (exact) mass is 220 g/mol. The maximum absolute atomic E-state index is 11.4. The molecule has 1 atom stereocenters. The molecule has 0 spiro atoms. The molecule has 1 aliphatic rings. The zero-order chi connectivity index (χ0) is 11.6. The maximum Gasteiger partial charge on any atom is 0.311 e. The van der Waals surface area contributed by atoms with Gasteiger partial charge in [0.05, 0.1) is 5.41 Å². The van der Waals surface area contributed by atoms with E-state index in [-0.39, 0.29) is 12.5 Å². The van der Waals surface area contributed by atoms with Gasteiger partial charge in [0.15, 0.2) is 0 Å². The second kappa shape index (κ2) is 4.22. The van der Waals surface area contributed by atoms with E-state index in [9.17, 15) is 9.90 Å². The highest BCUT2D eigenvalue weighted by Crippen LogP contribution is 2.47. The van der Waals surface area contributed by atoms with Crippen LogP contribution in [-0.2, 0) is 11.2 Å². The molecule has 4 heteroatoms. The Balaban J connectivity index is 2.23. The molecule has 1 aliphatic carbocycles. The van der Waals surface area contributed by atoms with Gasteiger partial charge in [-0.1, -0.05) is 6.07 Å². The van der Waals surface area contributed by atoms with Gasteiger partial charge in [0.1, 0.15) is 0 Å². The number of hydrogen-bond donors (Lipinski definition) is 2. The number of hydrogen-bond acceptors (Lipinski definition) is 3. The standard InChI is InChI=1S/C12H16N2O2/c13-8-12(11(15)16,10-3-4-10)6-9-2-1-5-14-7-9/h1-2,5,7,10H,3-4,6,8,13H2,(H,15,16). The largest absolute Gasteiger partial charge is 0.481 e. The maximum atomic E-state index is 11.4. The van der Waals surface area contributed by atoms with Gasteiger partial charge in [-0.2, -0.15) is 0 Å². The van der Waals surface area contributed by atoms with E-state index in [0.29, 0.717) is 6.42 Å². The third-order valence-corrected chi connectivity index (χ3v) is 3.39. The molecule has 1 aromatic heterocycles. The fourth-order valence-corrected chi connectivity index (χ4v) is 2.22. The van der Waals surface area contributed by atoms with Gasteiger partial charge in [-0.3, -0.25) is 9.78 Å². The van der Waals surface area contributed by atoms with Crippen molar-refractivity contribution < 1.29 is 9.90 Å². The second-order valence-electron chi connectivity index (χ2n) is 4.48. The van der Waals surface area contributed by atoms with Crippen molar-refractivity contribution in [2.45, 2.75) is 19.3 Å². The van der Waals surface area contributed by atoms with Crippen molar-refractivity contribution >= 4 is 5.97 Å². The van der Waals surface area contributed by atoms with Crippen LogP contribution in [0.5, 0.6) is 0 Å². The lowest BCUT2D eigenvalue weighted by molar-refractivity contribution is -0.149. The number of rotatable bonds is 5. The van der Waals surface area contributed by atoms with E-state index in [1.54, 1.807) is 12.4 Å². The minimum absolute atomic E-state index is 0.196. The van der Waals surface area contributed by atoms with Gasteiger partial charge < -0.3 is 10.8 Å². The zero-order valence-corrected chi connectivity index (χ0v) is 9.10. The summed E-state index contributed by atoms with van der Waals surface area (Å²) in [6.45, 7) is 0.196. The highest BCUT2D eigenvalue weighted by molar-refractivity contribution is 5.76. The second-order valence-corrected chi connectivity index (χ2v) is 4.48. The summed E-state index contributed by atoms with van der Waals surface area (Å²) in [6, 6.07) is 3.73. The Hall–Kier alpha value is -1.42. The van der Waals surface area contributed by atoms with E-state index in [1.165, 1.54) is 0 Å². The molecule has 4 nitrogen and oxygen atoms in total. The van der Waals surface area contributed by atoms with Crippen LogP contribution in [0.25, 0.3) is 0 Å². The molecule has 1 fully saturated rings. The van der Waals surface area contributed by atoms with Crippen LogP contribution in [0.4, 0.5) is 0 Å². The Bertz CT molecular complexity index is 376. The first-order chi connectivity index (χ1) is 7.69. The van der Waals surface area contributed by atoms with Crippen LogP contribution in [0, 0.1) is 11.3 Å². The summed E-state index contributed by atoms with van der Waals surface area (Å²) in [5.74, 6) is -0.545. The fraction of sp³-hybridized carbons (Fsp3) is 0.500. The number of nitrogens with zero attached hydrogens (tertiary/aromatic N) is 1. The molecule has 0 amide bonds. The SMILES string of the molecule is NCC(Cc1cccnc1)(C(=O)O)C1CC1. The van der Waals surface area contributed by atoms with Crippen molar-refractivity contribution in [3.8, 4) is 0 Å². The predicted octanol–water partition coefficient (Wildman–Crippen LogP) is 1.06. The number of aliphatic carboxylic acids is 1. The fourth-order valence-electron chi connectivity index (χ4n) is 2.22. The van der Waals surface area contributed by atoms with Crippen LogP contribution in [0.2, 0.25) is 0 Å². The number of aromatic nitrogens is 1. The van der Waals surface area contributed by atoms with E-state index >= 15 is 0 Å². The van der Waals surface area contributed by atoms with E-state index < -0.39 is 11.4 Å². The lowest BCUT2D eigenvalue weighted by Crippen LogP contribution is -2.42. The number of pyridine rings is 1. The van der Waals surface area contributed by atoms with Crippen molar-refractivity contribution in [3.63, 3.8) is 0 Å². The van der Waals surface area contributed by atoms with E-state index in [4.69, 9.17) is 5.73 Å². The molecule has 86 valence electrons. The molecule has 3 N–H and O–H groups in total. The molecule has 0 aliphatic heterocycles. The molecule has 2 rings (SSSR count). The molecule has 16 heavy (non-hydrogen) atoms. The van der Waals surface area contributed by atoms with E-state index in [1.807, 2.05) is 12.1 Å². The summed E-state index contributed by atoms with van der Waals surface area (Å²) in [7, 11) is 0. The molecule has 1 aromatic rings. The van der Waals surface area contributed by atoms with E-state index in [0.717, 1.165) is 18.4 Å². The van der Waals surface area contributed by atoms with Gasteiger partial charge in [-0.25, -0.2) is 0 Å². The summed E-state index contributed by atoms with van der Waals surface area (Å²) in [6.07, 6.45) is 5.84. The zero-order valence-electron chi connectivity index (χ0n) is 9.10. The van der Waals surface area contributed by atoms with Crippen molar-refractivity contribution in [2.24, 2.45) is 17.1 Å². The summed E-state index contributed by atoms with van der Waals surface area (Å²) >= 11 is 0. The third-order valence-electron chi connectivity index (χ3n) is 3.39. The molecule has 1 saturated carbocycles. The smallest absolute Gasteiger partial charge is 0.311 e. The molecule has 1 heterocycles. The summed E-state index contributed by atoms with van der Waals surface area (Å²) in [5, 5.41) is 9.40. The lowest BCUT2D eigenvalue weighted by Gasteiger charge is -2.27. The van der Waals surface area contributed by atoms with Crippen LogP contribution in [0.15, 0.2) is 24.5 Å². The topological polar surface area (TPSA) is 76.2 Å².